The Labute approximate surface area is 220 Å². The molecule has 0 spiro atoms. The smallest absolute Gasteiger partial charge is 0.416 e. The number of nitrogens with zero attached hydrogens (tertiary/aromatic N) is 3. The van der Waals surface area contributed by atoms with Crippen LogP contribution >= 0.6 is 0 Å². The molecule has 6 nitrogen and oxygen atoms in total. The van der Waals surface area contributed by atoms with Gasteiger partial charge in [0.1, 0.15) is 12.4 Å². The summed E-state index contributed by atoms with van der Waals surface area (Å²) < 4.78 is 44.7. The van der Waals surface area contributed by atoms with E-state index in [9.17, 15) is 18.0 Å². The molecule has 1 heterocycles. The van der Waals surface area contributed by atoms with E-state index in [1.807, 2.05) is 54.3 Å². The van der Waals surface area contributed by atoms with Crippen molar-refractivity contribution >= 4 is 17.3 Å². The Morgan fingerprint density at radius 1 is 0.921 bits per heavy atom. The number of halogens is 3. The lowest BCUT2D eigenvalue weighted by atomic mass is 10.1. The van der Waals surface area contributed by atoms with E-state index in [1.54, 1.807) is 23.1 Å². The molecule has 0 radical (unpaired) electrons. The van der Waals surface area contributed by atoms with Gasteiger partial charge in [-0.3, -0.25) is 4.79 Å². The average molecular weight is 526 g/mol. The zero-order valence-corrected chi connectivity index (χ0v) is 21.2. The number of carbonyl (C=O) groups is 1. The van der Waals surface area contributed by atoms with Gasteiger partial charge in [-0.1, -0.05) is 48.5 Å². The summed E-state index contributed by atoms with van der Waals surface area (Å²) in [6.07, 6.45) is -3.69. The number of hydrogen-bond donors (Lipinski definition) is 0. The van der Waals surface area contributed by atoms with E-state index in [0.29, 0.717) is 50.6 Å². The molecule has 1 fully saturated rings. The fourth-order valence-corrected chi connectivity index (χ4v) is 4.15. The van der Waals surface area contributed by atoms with Gasteiger partial charge in [0.05, 0.1) is 11.3 Å². The number of alkyl halides is 3. The maximum absolute atomic E-state index is 13.0. The second-order valence-electron chi connectivity index (χ2n) is 8.88. The van der Waals surface area contributed by atoms with Crippen LogP contribution in [0.25, 0.3) is 0 Å². The van der Waals surface area contributed by atoms with E-state index in [2.05, 4.69) is 5.16 Å². The number of piperazine rings is 1. The molecule has 0 saturated carbocycles. The topological polar surface area (TPSA) is 54.4 Å². The third kappa shape index (κ3) is 7.27. The molecule has 200 valence electrons. The summed E-state index contributed by atoms with van der Waals surface area (Å²) in [7, 11) is 0. The number of amides is 1. The highest BCUT2D eigenvalue weighted by Gasteiger charge is 2.31. The number of ether oxygens (including phenoxy) is 1. The number of benzene rings is 3. The van der Waals surface area contributed by atoms with Gasteiger partial charge in [0.2, 0.25) is 0 Å². The van der Waals surface area contributed by atoms with Crippen LogP contribution in [0, 0.1) is 0 Å². The standard InChI is InChI=1S/C29H30F3N3O3/c1-2-27(33-38-20-22-7-4-3-5-8-22)23-11-13-26(14-12-23)37-21-28(36)35-17-15-34(16-18-35)25-10-6-9-24(19-25)29(30,31)32/h3-14,19H,2,15-18,20-21H2,1H3. The van der Waals surface area contributed by atoms with Crippen molar-refractivity contribution in [3.63, 3.8) is 0 Å². The number of carbonyl (C=O) groups excluding carboxylic acids is 1. The molecule has 3 aromatic carbocycles. The molecule has 9 heteroatoms. The monoisotopic (exact) mass is 525 g/mol. The van der Waals surface area contributed by atoms with Gasteiger partial charge < -0.3 is 19.4 Å². The molecule has 0 atom stereocenters. The first-order valence-corrected chi connectivity index (χ1v) is 12.5. The zero-order valence-electron chi connectivity index (χ0n) is 21.2. The normalized spacial score (nSPS) is 14.4. The number of oxime groups is 1. The Morgan fingerprint density at radius 2 is 1.63 bits per heavy atom. The van der Waals surface area contributed by atoms with E-state index >= 15 is 0 Å². The van der Waals surface area contributed by atoms with E-state index in [-0.39, 0.29) is 12.5 Å². The highest BCUT2D eigenvalue weighted by molar-refractivity contribution is 6.00. The second-order valence-corrected chi connectivity index (χ2v) is 8.88. The first-order chi connectivity index (χ1) is 18.3. The summed E-state index contributed by atoms with van der Waals surface area (Å²) >= 11 is 0. The lowest BCUT2D eigenvalue weighted by Gasteiger charge is -2.36. The minimum Gasteiger partial charge on any atom is -0.484 e. The van der Waals surface area contributed by atoms with Crippen molar-refractivity contribution in [3.8, 4) is 5.75 Å². The molecule has 4 rings (SSSR count). The van der Waals surface area contributed by atoms with Gasteiger partial charge in [0.15, 0.2) is 6.61 Å². The first-order valence-electron chi connectivity index (χ1n) is 12.5. The van der Waals surface area contributed by atoms with Crippen LogP contribution in [-0.2, 0) is 22.4 Å². The van der Waals surface area contributed by atoms with Crippen LogP contribution in [0.3, 0.4) is 0 Å². The molecular weight excluding hydrogens is 495 g/mol. The molecule has 1 saturated heterocycles. The Balaban J connectivity index is 1.24. The largest absolute Gasteiger partial charge is 0.484 e. The van der Waals surface area contributed by atoms with Crippen molar-refractivity contribution in [2.75, 3.05) is 37.7 Å². The maximum Gasteiger partial charge on any atom is 0.416 e. The first kappa shape index (κ1) is 27.0. The number of hydrogen-bond acceptors (Lipinski definition) is 5. The fourth-order valence-electron chi connectivity index (χ4n) is 4.15. The molecular formula is C29H30F3N3O3. The summed E-state index contributed by atoms with van der Waals surface area (Å²) in [6.45, 7) is 4.01. The van der Waals surface area contributed by atoms with Crippen LogP contribution < -0.4 is 9.64 Å². The van der Waals surface area contributed by atoms with Crippen LogP contribution in [0.4, 0.5) is 18.9 Å². The van der Waals surface area contributed by atoms with E-state index in [1.165, 1.54) is 6.07 Å². The Morgan fingerprint density at radius 3 is 2.29 bits per heavy atom. The maximum atomic E-state index is 13.0. The van der Waals surface area contributed by atoms with Gasteiger partial charge in [-0.05, 0) is 60.0 Å². The number of rotatable bonds is 9. The van der Waals surface area contributed by atoms with Gasteiger partial charge >= 0.3 is 6.18 Å². The summed E-state index contributed by atoms with van der Waals surface area (Å²) in [5.74, 6) is 0.397. The summed E-state index contributed by atoms with van der Waals surface area (Å²) in [5.41, 5.74) is 2.58. The summed E-state index contributed by atoms with van der Waals surface area (Å²) in [6, 6.07) is 22.4. The molecule has 0 aliphatic carbocycles. The molecule has 0 N–H and O–H groups in total. The van der Waals surface area contributed by atoms with Crippen LogP contribution in [0.15, 0.2) is 84.0 Å². The minimum atomic E-state index is -4.38. The number of anilines is 1. The summed E-state index contributed by atoms with van der Waals surface area (Å²) in [5, 5.41) is 4.27. The van der Waals surface area contributed by atoms with Gasteiger partial charge in [0.25, 0.3) is 5.91 Å². The van der Waals surface area contributed by atoms with Crippen molar-refractivity contribution < 1.29 is 27.5 Å². The van der Waals surface area contributed by atoms with Crippen LogP contribution in [0.5, 0.6) is 5.75 Å². The Kier molecular flexibility index (Phi) is 8.89. The quantitative estimate of drug-likeness (QED) is 0.263. The highest BCUT2D eigenvalue weighted by Crippen LogP contribution is 2.32. The van der Waals surface area contributed by atoms with Crippen molar-refractivity contribution in [2.45, 2.75) is 26.1 Å². The van der Waals surface area contributed by atoms with E-state index in [0.717, 1.165) is 29.0 Å². The molecule has 0 bridgehead atoms. The summed E-state index contributed by atoms with van der Waals surface area (Å²) in [4.78, 5) is 21.7. The van der Waals surface area contributed by atoms with Crippen molar-refractivity contribution in [2.24, 2.45) is 5.16 Å². The third-order valence-corrected chi connectivity index (χ3v) is 6.30. The molecule has 3 aromatic rings. The third-order valence-electron chi connectivity index (χ3n) is 6.30. The molecule has 38 heavy (non-hydrogen) atoms. The molecule has 1 aliphatic heterocycles. The molecule has 0 unspecified atom stereocenters. The van der Waals surface area contributed by atoms with Gasteiger partial charge in [-0.15, -0.1) is 0 Å². The van der Waals surface area contributed by atoms with Gasteiger partial charge in [-0.25, -0.2) is 0 Å². The Bertz CT molecular complexity index is 1220. The van der Waals surface area contributed by atoms with Gasteiger partial charge in [0, 0.05) is 31.9 Å². The predicted molar refractivity (Wildman–Crippen MR) is 140 cm³/mol. The Hall–Kier alpha value is -4.01. The minimum absolute atomic E-state index is 0.113. The zero-order chi connectivity index (χ0) is 27.0. The van der Waals surface area contributed by atoms with Crippen LogP contribution in [0.2, 0.25) is 0 Å². The molecule has 0 aromatic heterocycles. The van der Waals surface area contributed by atoms with Crippen molar-refractivity contribution in [3.05, 3.63) is 95.6 Å². The van der Waals surface area contributed by atoms with Crippen molar-refractivity contribution in [1.29, 1.82) is 0 Å². The van der Waals surface area contributed by atoms with Gasteiger partial charge in [-0.2, -0.15) is 13.2 Å². The van der Waals surface area contributed by atoms with Crippen LogP contribution in [-0.4, -0.2) is 49.3 Å². The lowest BCUT2D eigenvalue weighted by molar-refractivity contribution is -0.137. The molecule has 1 amide bonds. The SMILES string of the molecule is CCC(=NOCc1ccccc1)c1ccc(OCC(=O)N2CCN(c3cccc(C(F)(F)F)c3)CC2)cc1. The lowest BCUT2D eigenvalue weighted by Crippen LogP contribution is -2.50. The fraction of sp³-hybridized carbons (Fsp3) is 0.310. The average Bonchev–Trinajstić information content (AvgIpc) is 2.95. The predicted octanol–water partition coefficient (Wildman–Crippen LogP) is 5.76. The molecule has 1 aliphatic rings. The second kappa shape index (κ2) is 12.5. The van der Waals surface area contributed by atoms with Crippen LogP contribution in [0.1, 0.15) is 30.0 Å². The highest BCUT2D eigenvalue weighted by atomic mass is 19.4. The van der Waals surface area contributed by atoms with E-state index in [4.69, 9.17) is 9.57 Å². The van der Waals surface area contributed by atoms with Crippen molar-refractivity contribution in [1.82, 2.24) is 4.90 Å². The van der Waals surface area contributed by atoms with E-state index < -0.39 is 11.7 Å².